The standard InChI is InChI=1S/C23H16ClF3N4O3S/c24-14-6-3-5-13(11-14)19-18(28-12-35-19)22(32)31-10-4-8-16(31)21-29-20(30-34-21)15-7-1-2-9-17(15)33-23(25,26)27/h1-3,5-7,9,11-12,16H,4,8,10H2. The van der Waals surface area contributed by atoms with E-state index in [4.69, 9.17) is 16.1 Å². The number of alkyl halides is 3. The maximum absolute atomic E-state index is 13.5. The van der Waals surface area contributed by atoms with E-state index in [2.05, 4.69) is 19.9 Å². The van der Waals surface area contributed by atoms with E-state index in [0.717, 1.165) is 5.56 Å². The number of benzene rings is 2. The Labute approximate surface area is 206 Å². The summed E-state index contributed by atoms with van der Waals surface area (Å²) >= 11 is 7.44. The summed E-state index contributed by atoms with van der Waals surface area (Å²) < 4.78 is 47.9. The average Bonchev–Trinajstić information content (AvgIpc) is 3.58. The lowest BCUT2D eigenvalue weighted by molar-refractivity contribution is -0.274. The normalized spacial score (nSPS) is 16.0. The monoisotopic (exact) mass is 520 g/mol. The maximum atomic E-state index is 13.5. The molecule has 4 aromatic rings. The van der Waals surface area contributed by atoms with E-state index in [1.807, 2.05) is 6.07 Å². The molecule has 7 nitrogen and oxygen atoms in total. The summed E-state index contributed by atoms with van der Waals surface area (Å²) in [6.07, 6.45) is -3.62. The zero-order valence-electron chi connectivity index (χ0n) is 17.8. The van der Waals surface area contributed by atoms with Crippen LogP contribution in [0.3, 0.4) is 0 Å². The molecule has 1 aliphatic rings. The van der Waals surface area contributed by atoms with Crippen LogP contribution in [0.4, 0.5) is 13.2 Å². The molecule has 1 unspecified atom stereocenters. The predicted octanol–water partition coefficient (Wildman–Crippen LogP) is 6.39. The SMILES string of the molecule is O=C(c1ncsc1-c1cccc(Cl)c1)N1CCCC1c1nc(-c2ccccc2OC(F)(F)F)no1. The highest BCUT2D eigenvalue weighted by Gasteiger charge is 2.37. The van der Waals surface area contributed by atoms with Crippen molar-refractivity contribution in [2.45, 2.75) is 25.2 Å². The third kappa shape index (κ3) is 4.87. The number of carbonyl (C=O) groups is 1. The number of hydrogen-bond acceptors (Lipinski definition) is 7. The Hall–Kier alpha value is -3.44. The van der Waals surface area contributed by atoms with Crippen molar-refractivity contribution in [3.63, 3.8) is 0 Å². The van der Waals surface area contributed by atoms with Crippen molar-refractivity contribution in [1.29, 1.82) is 0 Å². The quantitative estimate of drug-likeness (QED) is 0.303. The van der Waals surface area contributed by atoms with Crippen LogP contribution in [0.5, 0.6) is 5.75 Å². The van der Waals surface area contributed by atoms with Crippen LogP contribution in [0.1, 0.15) is 35.3 Å². The van der Waals surface area contributed by atoms with E-state index in [0.29, 0.717) is 29.3 Å². The molecule has 0 N–H and O–H groups in total. The van der Waals surface area contributed by atoms with Gasteiger partial charge in [-0.1, -0.05) is 41.0 Å². The fourth-order valence-electron chi connectivity index (χ4n) is 3.98. The molecule has 180 valence electrons. The van der Waals surface area contributed by atoms with Gasteiger partial charge in [0.05, 0.1) is 16.0 Å². The molecule has 1 aliphatic heterocycles. The number of likely N-dealkylation sites (tertiary alicyclic amines) is 1. The van der Waals surface area contributed by atoms with E-state index >= 15 is 0 Å². The first-order valence-corrected chi connectivity index (χ1v) is 11.7. The molecule has 12 heteroatoms. The number of hydrogen-bond donors (Lipinski definition) is 0. The molecule has 2 aromatic heterocycles. The fraction of sp³-hybridized carbons (Fsp3) is 0.217. The lowest BCUT2D eigenvalue weighted by atomic mass is 10.1. The van der Waals surface area contributed by atoms with Crippen LogP contribution < -0.4 is 4.74 Å². The molecule has 0 bridgehead atoms. The van der Waals surface area contributed by atoms with E-state index in [9.17, 15) is 18.0 Å². The number of para-hydroxylation sites is 1. The van der Waals surface area contributed by atoms with Gasteiger partial charge in [0.25, 0.3) is 5.91 Å². The van der Waals surface area contributed by atoms with E-state index in [1.54, 1.807) is 34.7 Å². The second kappa shape index (κ2) is 9.31. The van der Waals surface area contributed by atoms with Gasteiger partial charge in [-0.2, -0.15) is 4.98 Å². The zero-order chi connectivity index (χ0) is 24.6. The van der Waals surface area contributed by atoms with Gasteiger partial charge in [0.2, 0.25) is 11.7 Å². The van der Waals surface area contributed by atoms with Gasteiger partial charge in [-0.25, -0.2) is 4.98 Å². The second-order valence-corrected chi connectivity index (χ2v) is 8.99. The number of rotatable bonds is 5. The molecule has 3 heterocycles. The van der Waals surface area contributed by atoms with Crippen molar-refractivity contribution < 1.29 is 27.2 Å². The van der Waals surface area contributed by atoms with Gasteiger partial charge in [0, 0.05) is 11.6 Å². The van der Waals surface area contributed by atoms with E-state index < -0.39 is 18.2 Å². The molecule has 35 heavy (non-hydrogen) atoms. The number of halogens is 4. The van der Waals surface area contributed by atoms with Crippen molar-refractivity contribution >= 4 is 28.8 Å². The molecule has 1 amide bonds. The summed E-state index contributed by atoms with van der Waals surface area (Å²) in [6, 6.07) is 12.1. The van der Waals surface area contributed by atoms with Crippen LogP contribution in [0, 0.1) is 0 Å². The molecule has 0 aliphatic carbocycles. The number of amides is 1. The van der Waals surface area contributed by atoms with Crippen LogP contribution in [0.15, 0.2) is 58.6 Å². The first-order valence-electron chi connectivity index (χ1n) is 10.5. The maximum Gasteiger partial charge on any atom is 0.573 e. The summed E-state index contributed by atoms with van der Waals surface area (Å²) in [5.41, 5.74) is 2.68. The van der Waals surface area contributed by atoms with Crippen LogP contribution >= 0.6 is 22.9 Å². The predicted molar refractivity (Wildman–Crippen MR) is 122 cm³/mol. The molecular weight excluding hydrogens is 505 g/mol. The van der Waals surface area contributed by atoms with Crippen molar-refractivity contribution in [2.24, 2.45) is 0 Å². The molecule has 0 radical (unpaired) electrons. The Kier molecular flexibility index (Phi) is 6.20. The third-order valence-corrected chi connectivity index (χ3v) is 6.56. The minimum atomic E-state index is -4.87. The number of ether oxygens (including phenoxy) is 1. The zero-order valence-corrected chi connectivity index (χ0v) is 19.4. The lowest BCUT2D eigenvalue weighted by Gasteiger charge is -2.21. The first-order chi connectivity index (χ1) is 16.8. The Morgan fingerprint density at radius 3 is 2.83 bits per heavy atom. The van der Waals surface area contributed by atoms with Crippen LogP contribution in [0.25, 0.3) is 21.8 Å². The molecule has 5 rings (SSSR count). The van der Waals surface area contributed by atoms with Gasteiger partial charge in [-0.15, -0.1) is 24.5 Å². The van der Waals surface area contributed by atoms with Gasteiger partial charge in [-0.3, -0.25) is 4.79 Å². The number of aromatic nitrogens is 3. The van der Waals surface area contributed by atoms with Crippen LogP contribution in [0.2, 0.25) is 5.02 Å². The van der Waals surface area contributed by atoms with Crippen molar-refractivity contribution in [1.82, 2.24) is 20.0 Å². The lowest BCUT2D eigenvalue weighted by Crippen LogP contribution is -2.31. The highest BCUT2D eigenvalue weighted by Crippen LogP contribution is 2.38. The van der Waals surface area contributed by atoms with Gasteiger partial charge in [0.1, 0.15) is 17.5 Å². The minimum absolute atomic E-state index is 0.0263. The Balaban J connectivity index is 1.42. The smallest absolute Gasteiger partial charge is 0.405 e. The second-order valence-electron chi connectivity index (χ2n) is 7.70. The fourth-order valence-corrected chi connectivity index (χ4v) is 4.95. The van der Waals surface area contributed by atoms with Crippen LogP contribution in [-0.2, 0) is 0 Å². The molecule has 0 spiro atoms. The summed E-state index contributed by atoms with van der Waals surface area (Å²) in [4.78, 5) is 24.3. The Morgan fingerprint density at radius 2 is 2.03 bits per heavy atom. The van der Waals surface area contributed by atoms with E-state index in [-0.39, 0.29) is 28.9 Å². The molecule has 0 saturated carbocycles. The van der Waals surface area contributed by atoms with Crippen molar-refractivity contribution in [2.75, 3.05) is 6.54 Å². The van der Waals surface area contributed by atoms with Gasteiger partial charge in [0.15, 0.2) is 0 Å². The summed E-state index contributed by atoms with van der Waals surface area (Å²) in [7, 11) is 0. The molecule has 1 saturated heterocycles. The molecular formula is C23H16ClF3N4O3S. The number of carbonyl (C=O) groups excluding carboxylic acids is 1. The number of thiazole rings is 1. The Bertz CT molecular complexity index is 1370. The minimum Gasteiger partial charge on any atom is -0.405 e. The van der Waals surface area contributed by atoms with Crippen molar-refractivity contribution in [3.05, 3.63) is 70.6 Å². The molecule has 1 fully saturated rings. The molecule has 2 aromatic carbocycles. The van der Waals surface area contributed by atoms with Crippen LogP contribution in [-0.4, -0.2) is 38.8 Å². The average molecular weight is 521 g/mol. The topological polar surface area (TPSA) is 81.4 Å². The highest BCUT2D eigenvalue weighted by molar-refractivity contribution is 7.13. The van der Waals surface area contributed by atoms with E-state index in [1.165, 1.54) is 29.5 Å². The summed E-state index contributed by atoms with van der Waals surface area (Å²) in [5, 5.41) is 4.40. The number of nitrogens with zero attached hydrogens (tertiary/aromatic N) is 4. The summed E-state index contributed by atoms with van der Waals surface area (Å²) in [5.74, 6) is -0.677. The molecule has 1 atom stereocenters. The third-order valence-electron chi connectivity index (χ3n) is 5.45. The van der Waals surface area contributed by atoms with Crippen molar-refractivity contribution in [3.8, 4) is 27.6 Å². The van der Waals surface area contributed by atoms with Gasteiger partial charge < -0.3 is 14.2 Å². The first kappa shape index (κ1) is 23.3. The largest absolute Gasteiger partial charge is 0.573 e. The van der Waals surface area contributed by atoms with Gasteiger partial charge >= 0.3 is 6.36 Å². The Morgan fingerprint density at radius 1 is 1.20 bits per heavy atom. The highest BCUT2D eigenvalue weighted by atomic mass is 35.5. The summed E-state index contributed by atoms with van der Waals surface area (Å²) in [6.45, 7) is 0.446. The van der Waals surface area contributed by atoms with Gasteiger partial charge in [-0.05, 0) is 42.7 Å².